The molecule has 0 aliphatic carbocycles. The summed E-state index contributed by atoms with van der Waals surface area (Å²) < 4.78 is 18.8. The van der Waals surface area contributed by atoms with Gasteiger partial charge >= 0.3 is 0 Å². The number of fused-ring (bicyclic) bond motifs is 1. The largest absolute Gasteiger partial charge is 0.493 e. The third-order valence-corrected chi connectivity index (χ3v) is 5.31. The lowest BCUT2D eigenvalue weighted by Gasteiger charge is -2.09. The van der Waals surface area contributed by atoms with Gasteiger partial charge in [0.1, 0.15) is 11.3 Å². The van der Waals surface area contributed by atoms with Gasteiger partial charge in [0.15, 0.2) is 17.3 Å². The van der Waals surface area contributed by atoms with Gasteiger partial charge in [-0.2, -0.15) is 5.10 Å². The summed E-state index contributed by atoms with van der Waals surface area (Å²) in [7, 11) is 3.23. The first-order chi connectivity index (χ1) is 14.6. The third kappa shape index (κ3) is 3.89. The highest BCUT2D eigenvalue weighted by atomic mass is 32.1. The van der Waals surface area contributed by atoms with Crippen molar-refractivity contribution in [2.75, 3.05) is 14.2 Å². The van der Waals surface area contributed by atoms with Crippen LogP contribution in [0.2, 0.25) is 0 Å². The van der Waals surface area contributed by atoms with E-state index in [1.54, 1.807) is 25.1 Å². The summed E-state index contributed by atoms with van der Waals surface area (Å²) in [4.78, 5) is 5.51. The molecule has 0 atom stereocenters. The molecule has 0 spiro atoms. The van der Waals surface area contributed by atoms with E-state index in [4.69, 9.17) is 24.0 Å². The first-order valence-electron chi connectivity index (χ1n) is 9.59. The number of benzene rings is 2. The molecule has 0 N–H and O–H groups in total. The van der Waals surface area contributed by atoms with Crippen LogP contribution in [0.25, 0.3) is 22.4 Å². The topological polar surface area (TPSA) is 61.2 Å². The Kier molecular flexibility index (Phi) is 5.72. The quantitative estimate of drug-likeness (QED) is 0.404. The minimum absolute atomic E-state index is 0.139. The maximum Gasteiger partial charge on any atom is 0.206 e. The molecule has 0 unspecified atom stereocenters. The number of rotatable bonds is 6. The number of para-hydroxylation sites is 2. The van der Waals surface area contributed by atoms with Crippen LogP contribution in [0.4, 0.5) is 0 Å². The maximum absolute atomic E-state index is 6.07. The molecule has 2 heterocycles. The normalized spacial score (nSPS) is 12.4. The van der Waals surface area contributed by atoms with Gasteiger partial charge in [0.2, 0.25) is 4.80 Å². The van der Waals surface area contributed by atoms with Gasteiger partial charge in [-0.25, -0.2) is 4.68 Å². The average molecular weight is 422 g/mol. The molecule has 0 saturated heterocycles. The molecule has 0 saturated carbocycles. The average Bonchev–Trinajstić information content (AvgIpc) is 3.34. The maximum atomic E-state index is 6.07. The highest BCUT2D eigenvalue weighted by Crippen LogP contribution is 2.30. The fourth-order valence-electron chi connectivity index (χ4n) is 3.13. The summed E-state index contributed by atoms with van der Waals surface area (Å²) in [6.45, 7) is 4.08. The van der Waals surface area contributed by atoms with Crippen molar-refractivity contribution in [1.29, 1.82) is 0 Å². The second-order valence-corrected chi connectivity index (χ2v) is 7.75. The molecule has 30 heavy (non-hydrogen) atoms. The van der Waals surface area contributed by atoms with Crippen molar-refractivity contribution in [3.05, 3.63) is 64.3 Å². The summed E-state index contributed by atoms with van der Waals surface area (Å²) in [6, 6.07) is 15.8. The number of hydrogen-bond donors (Lipinski definition) is 0. The molecule has 6 nitrogen and oxygen atoms in total. The van der Waals surface area contributed by atoms with Gasteiger partial charge in [-0.1, -0.05) is 24.3 Å². The number of aromatic nitrogens is 1. The van der Waals surface area contributed by atoms with Gasteiger partial charge < -0.3 is 13.9 Å². The summed E-state index contributed by atoms with van der Waals surface area (Å²) in [6.07, 6.45) is 1.75. The Hall–Kier alpha value is -3.32. The van der Waals surface area contributed by atoms with Crippen molar-refractivity contribution in [2.45, 2.75) is 19.9 Å². The van der Waals surface area contributed by atoms with Gasteiger partial charge in [-0.05, 0) is 38.1 Å². The molecule has 0 radical (unpaired) electrons. The molecular weight excluding hydrogens is 398 g/mol. The second-order valence-electron chi connectivity index (χ2n) is 6.91. The third-order valence-electron chi connectivity index (χ3n) is 4.48. The first-order valence-corrected chi connectivity index (χ1v) is 10.5. The van der Waals surface area contributed by atoms with Crippen molar-refractivity contribution >= 4 is 28.5 Å². The van der Waals surface area contributed by atoms with Crippen molar-refractivity contribution < 1.29 is 13.9 Å². The molecule has 0 amide bonds. The molecule has 4 rings (SSSR count). The van der Waals surface area contributed by atoms with Crippen molar-refractivity contribution in [3.8, 4) is 23.0 Å². The van der Waals surface area contributed by atoms with Crippen LogP contribution in [0.15, 0.2) is 68.4 Å². The molecule has 0 fully saturated rings. The Morgan fingerprint density at radius 2 is 1.90 bits per heavy atom. The van der Waals surface area contributed by atoms with E-state index >= 15 is 0 Å². The van der Waals surface area contributed by atoms with Crippen molar-refractivity contribution in [2.24, 2.45) is 10.1 Å². The summed E-state index contributed by atoms with van der Waals surface area (Å²) in [5.41, 5.74) is 2.49. The van der Waals surface area contributed by atoms with Crippen LogP contribution in [0.3, 0.4) is 0 Å². The Balaban J connectivity index is 1.84. The zero-order valence-corrected chi connectivity index (χ0v) is 18.1. The summed E-state index contributed by atoms with van der Waals surface area (Å²) in [5, 5.41) is 7.79. The fourth-order valence-corrected chi connectivity index (χ4v) is 4.08. The predicted molar refractivity (Wildman–Crippen MR) is 121 cm³/mol. The van der Waals surface area contributed by atoms with E-state index in [1.165, 1.54) is 11.3 Å². The van der Waals surface area contributed by atoms with E-state index in [0.29, 0.717) is 11.5 Å². The van der Waals surface area contributed by atoms with E-state index in [0.717, 1.165) is 32.8 Å². The van der Waals surface area contributed by atoms with E-state index in [2.05, 4.69) is 0 Å². The molecule has 154 valence electrons. The summed E-state index contributed by atoms with van der Waals surface area (Å²) in [5.74, 6) is 2.03. The van der Waals surface area contributed by atoms with Crippen LogP contribution in [-0.4, -0.2) is 31.2 Å². The SMILES string of the molecule is COc1cccc(C=Nn2c(-c3cc4ccccc4o3)csc2=NC(C)C)c1OC. The van der Waals surface area contributed by atoms with E-state index in [-0.39, 0.29) is 6.04 Å². The highest BCUT2D eigenvalue weighted by molar-refractivity contribution is 7.07. The van der Waals surface area contributed by atoms with Gasteiger partial charge in [0.05, 0.1) is 20.4 Å². The number of methoxy groups -OCH3 is 2. The van der Waals surface area contributed by atoms with Gasteiger partial charge in [-0.3, -0.25) is 4.99 Å². The zero-order valence-electron chi connectivity index (χ0n) is 17.3. The van der Waals surface area contributed by atoms with Crippen LogP contribution in [-0.2, 0) is 0 Å². The minimum Gasteiger partial charge on any atom is -0.493 e. The minimum atomic E-state index is 0.139. The molecule has 4 aromatic rings. The van der Waals surface area contributed by atoms with Crippen LogP contribution >= 0.6 is 11.3 Å². The monoisotopic (exact) mass is 421 g/mol. The molecule has 2 aromatic carbocycles. The molecule has 7 heteroatoms. The fraction of sp³-hybridized carbons (Fsp3) is 0.217. The lowest BCUT2D eigenvalue weighted by atomic mass is 10.2. The summed E-state index contributed by atoms with van der Waals surface area (Å²) >= 11 is 1.53. The van der Waals surface area contributed by atoms with E-state index in [1.807, 2.05) is 67.8 Å². The molecular formula is C23H23N3O3S. The number of furan rings is 1. The van der Waals surface area contributed by atoms with Gasteiger partial charge in [0.25, 0.3) is 0 Å². The Morgan fingerprint density at radius 3 is 2.63 bits per heavy atom. The van der Waals surface area contributed by atoms with Gasteiger partial charge in [0, 0.05) is 22.4 Å². The zero-order chi connectivity index (χ0) is 21.1. The molecule has 2 aromatic heterocycles. The Morgan fingerprint density at radius 1 is 1.07 bits per heavy atom. The first kappa shape index (κ1) is 20.0. The lowest BCUT2D eigenvalue weighted by Crippen LogP contribution is -2.14. The van der Waals surface area contributed by atoms with Crippen LogP contribution in [0, 0.1) is 0 Å². The predicted octanol–water partition coefficient (Wildman–Crippen LogP) is 5.17. The molecule has 0 aliphatic rings. The van der Waals surface area contributed by atoms with Crippen LogP contribution in [0.1, 0.15) is 19.4 Å². The number of thiazole rings is 1. The highest BCUT2D eigenvalue weighted by Gasteiger charge is 2.14. The van der Waals surface area contributed by atoms with Crippen LogP contribution < -0.4 is 14.3 Å². The smallest absolute Gasteiger partial charge is 0.206 e. The number of ether oxygens (including phenoxy) is 2. The van der Waals surface area contributed by atoms with Gasteiger partial charge in [-0.15, -0.1) is 11.3 Å². The van der Waals surface area contributed by atoms with E-state index < -0.39 is 0 Å². The Labute approximate surface area is 178 Å². The molecule has 0 bridgehead atoms. The van der Waals surface area contributed by atoms with E-state index in [9.17, 15) is 0 Å². The molecule has 0 aliphatic heterocycles. The Bertz CT molecular complexity index is 1230. The van der Waals surface area contributed by atoms with Crippen molar-refractivity contribution in [3.63, 3.8) is 0 Å². The lowest BCUT2D eigenvalue weighted by molar-refractivity contribution is 0.354. The standard InChI is InChI=1S/C23H23N3O3S/c1-15(2)25-23-26(24-13-17-9-7-11-20(27-3)22(17)28-4)18(14-30-23)21-12-16-8-5-6-10-19(16)29-21/h5-15H,1-4H3. The van der Waals surface area contributed by atoms with Crippen LogP contribution in [0.5, 0.6) is 11.5 Å². The number of hydrogen-bond acceptors (Lipinski definition) is 6. The van der Waals surface area contributed by atoms with Crippen molar-refractivity contribution in [1.82, 2.24) is 4.68 Å². The number of nitrogens with zero attached hydrogens (tertiary/aromatic N) is 3. The second kappa shape index (κ2) is 8.59.